The minimum atomic E-state index is -0.792. The number of halogens is 3. The summed E-state index contributed by atoms with van der Waals surface area (Å²) in [5.74, 6) is -2.35. The van der Waals surface area contributed by atoms with Crippen molar-refractivity contribution in [1.82, 2.24) is 5.32 Å². The lowest BCUT2D eigenvalue weighted by Gasteiger charge is -2.11. The van der Waals surface area contributed by atoms with Crippen molar-refractivity contribution in [3.05, 3.63) is 59.4 Å². The smallest absolute Gasteiger partial charge is 0.198 e. The minimum Gasteiger partial charge on any atom is -0.451 e. The largest absolute Gasteiger partial charge is 0.451 e. The van der Waals surface area contributed by atoms with Crippen molar-refractivity contribution in [3.63, 3.8) is 0 Å². The highest BCUT2D eigenvalue weighted by Crippen LogP contribution is 2.28. The van der Waals surface area contributed by atoms with Gasteiger partial charge in [-0.15, -0.1) is 0 Å². The van der Waals surface area contributed by atoms with Crippen LogP contribution in [0.3, 0.4) is 0 Å². The summed E-state index contributed by atoms with van der Waals surface area (Å²) in [4.78, 5) is 0. The van der Waals surface area contributed by atoms with Gasteiger partial charge in [0.15, 0.2) is 17.4 Å². The first-order valence-electron chi connectivity index (χ1n) is 6.60. The highest BCUT2D eigenvalue weighted by molar-refractivity contribution is 5.36. The average molecular weight is 295 g/mol. The van der Waals surface area contributed by atoms with Crippen LogP contribution < -0.4 is 10.1 Å². The van der Waals surface area contributed by atoms with Gasteiger partial charge in [0.2, 0.25) is 0 Å². The van der Waals surface area contributed by atoms with Gasteiger partial charge in [0.05, 0.1) is 0 Å². The predicted octanol–water partition coefficient (Wildman–Crippen LogP) is 4.39. The van der Waals surface area contributed by atoms with E-state index in [0.717, 1.165) is 12.1 Å². The number of benzene rings is 2. The number of hydrogen-bond acceptors (Lipinski definition) is 2. The molecule has 0 spiro atoms. The molecular weight excluding hydrogens is 279 g/mol. The zero-order chi connectivity index (χ0) is 15.4. The second-order valence-electron chi connectivity index (χ2n) is 4.98. The van der Waals surface area contributed by atoms with Gasteiger partial charge in [-0.1, -0.05) is 13.8 Å². The second-order valence-corrected chi connectivity index (χ2v) is 4.98. The van der Waals surface area contributed by atoms with Gasteiger partial charge in [-0.05, 0) is 42.0 Å². The fourth-order valence-corrected chi connectivity index (χ4v) is 1.75. The van der Waals surface area contributed by atoms with E-state index in [1.165, 1.54) is 24.3 Å². The van der Waals surface area contributed by atoms with Gasteiger partial charge in [0, 0.05) is 12.6 Å². The van der Waals surface area contributed by atoms with E-state index in [0.29, 0.717) is 12.1 Å². The van der Waals surface area contributed by atoms with Crippen LogP contribution in [0, 0.1) is 17.5 Å². The molecule has 0 heterocycles. The Morgan fingerprint density at radius 2 is 1.57 bits per heavy atom. The second kappa shape index (κ2) is 6.63. The Balaban J connectivity index is 2.18. The highest BCUT2D eigenvalue weighted by atomic mass is 19.1. The SMILES string of the molecule is CC(C)NCc1cc(F)c(Oc2ccc(F)cc2)c(F)c1. The molecule has 2 aromatic carbocycles. The van der Waals surface area contributed by atoms with Gasteiger partial charge < -0.3 is 10.1 Å². The maximum atomic E-state index is 13.9. The highest BCUT2D eigenvalue weighted by Gasteiger charge is 2.14. The molecule has 0 atom stereocenters. The lowest BCUT2D eigenvalue weighted by Crippen LogP contribution is -2.22. The lowest BCUT2D eigenvalue weighted by atomic mass is 10.2. The van der Waals surface area contributed by atoms with Crippen molar-refractivity contribution in [2.45, 2.75) is 26.4 Å². The van der Waals surface area contributed by atoms with Crippen molar-refractivity contribution in [1.29, 1.82) is 0 Å². The normalized spacial score (nSPS) is 11.0. The van der Waals surface area contributed by atoms with E-state index >= 15 is 0 Å². The number of hydrogen-bond donors (Lipinski definition) is 1. The molecule has 5 heteroatoms. The fourth-order valence-electron chi connectivity index (χ4n) is 1.75. The van der Waals surface area contributed by atoms with E-state index in [1.54, 1.807) is 0 Å². The number of nitrogens with one attached hydrogen (secondary N) is 1. The Morgan fingerprint density at radius 1 is 1.00 bits per heavy atom. The Morgan fingerprint density at radius 3 is 2.10 bits per heavy atom. The summed E-state index contributed by atoms with van der Waals surface area (Å²) < 4.78 is 45.8. The molecule has 1 N–H and O–H groups in total. The Hall–Kier alpha value is -2.01. The first kappa shape index (κ1) is 15.4. The zero-order valence-electron chi connectivity index (χ0n) is 11.8. The third-order valence-corrected chi connectivity index (χ3v) is 2.81. The van der Waals surface area contributed by atoms with Crippen LogP contribution in [0.2, 0.25) is 0 Å². The predicted molar refractivity (Wildman–Crippen MR) is 74.8 cm³/mol. The molecule has 0 aromatic heterocycles. The van der Waals surface area contributed by atoms with Gasteiger partial charge >= 0.3 is 0 Å². The summed E-state index contributed by atoms with van der Waals surface area (Å²) in [6.45, 7) is 4.25. The third-order valence-electron chi connectivity index (χ3n) is 2.81. The van der Waals surface area contributed by atoms with Gasteiger partial charge in [-0.25, -0.2) is 13.2 Å². The summed E-state index contributed by atoms with van der Waals surface area (Å²) >= 11 is 0. The first-order valence-corrected chi connectivity index (χ1v) is 6.60. The molecule has 0 amide bonds. The molecule has 0 radical (unpaired) electrons. The molecule has 2 aromatic rings. The molecule has 2 rings (SSSR count). The molecule has 0 bridgehead atoms. The van der Waals surface area contributed by atoms with Crippen molar-refractivity contribution in [2.24, 2.45) is 0 Å². The maximum absolute atomic E-state index is 13.9. The summed E-state index contributed by atoms with van der Waals surface area (Å²) in [7, 11) is 0. The topological polar surface area (TPSA) is 21.3 Å². The molecule has 2 nitrogen and oxygen atoms in total. The van der Waals surface area contributed by atoms with Crippen LogP contribution in [0.4, 0.5) is 13.2 Å². The third kappa shape index (κ3) is 4.23. The van der Waals surface area contributed by atoms with Crippen molar-refractivity contribution in [2.75, 3.05) is 0 Å². The molecule has 0 aliphatic carbocycles. The molecular formula is C16H16F3NO. The van der Waals surface area contributed by atoms with E-state index in [9.17, 15) is 13.2 Å². The van der Waals surface area contributed by atoms with E-state index in [2.05, 4.69) is 5.32 Å². The van der Waals surface area contributed by atoms with Crippen molar-refractivity contribution < 1.29 is 17.9 Å². The molecule has 0 fully saturated rings. The lowest BCUT2D eigenvalue weighted by molar-refractivity contribution is 0.405. The molecule has 0 saturated carbocycles. The average Bonchev–Trinajstić information content (AvgIpc) is 2.42. The van der Waals surface area contributed by atoms with E-state index in [-0.39, 0.29) is 11.8 Å². The summed E-state index contributed by atoms with van der Waals surface area (Å²) in [6.07, 6.45) is 0. The van der Waals surface area contributed by atoms with Crippen LogP contribution in [0.5, 0.6) is 11.5 Å². The van der Waals surface area contributed by atoms with Crippen LogP contribution >= 0.6 is 0 Å². The van der Waals surface area contributed by atoms with Crippen LogP contribution in [0.25, 0.3) is 0 Å². The number of ether oxygens (including phenoxy) is 1. The van der Waals surface area contributed by atoms with E-state index < -0.39 is 23.2 Å². The summed E-state index contributed by atoms with van der Waals surface area (Å²) in [5, 5.41) is 3.08. The van der Waals surface area contributed by atoms with Crippen LogP contribution in [0.15, 0.2) is 36.4 Å². The zero-order valence-corrected chi connectivity index (χ0v) is 11.8. The van der Waals surface area contributed by atoms with Crippen molar-refractivity contribution in [3.8, 4) is 11.5 Å². The Labute approximate surface area is 121 Å². The van der Waals surface area contributed by atoms with Crippen molar-refractivity contribution >= 4 is 0 Å². The van der Waals surface area contributed by atoms with E-state index in [4.69, 9.17) is 4.74 Å². The van der Waals surface area contributed by atoms with Gasteiger partial charge in [-0.3, -0.25) is 0 Å². The minimum absolute atomic E-state index is 0.169. The summed E-state index contributed by atoms with van der Waals surface area (Å²) in [5.41, 5.74) is 0.491. The molecule has 21 heavy (non-hydrogen) atoms. The first-order chi connectivity index (χ1) is 9.95. The molecule has 112 valence electrons. The molecule has 0 aliphatic rings. The monoisotopic (exact) mass is 295 g/mol. The van der Waals surface area contributed by atoms with Crippen LogP contribution in [-0.2, 0) is 6.54 Å². The number of rotatable bonds is 5. The van der Waals surface area contributed by atoms with Gasteiger partial charge in [0.25, 0.3) is 0 Å². The molecule has 0 saturated heterocycles. The molecule has 0 aliphatic heterocycles. The van der Waals surface area contributed by atoms with Gasteiger partial charge in [0.1, 0.15) is 11.6 Å². The van der Waals surface area contributed by atoms with E-state index in [1.807, 2.05) is 13.8 Å². The van der Waals surface area contributed by atoms with Crippen LogP contribution in [-0.4, -0.2) is 6.04 Å². The maximum Gasteiger partial charge on any atom is 0.198 e. The van der Waals surface area contributed by atoms with Gasteiger partial charge in [-0.2, -0.15) is 0 Å². The standard InChI is InChI=1S/C16H16F3NO/c1-10(2)20-9-11-7-14(18)16(15(19)8-11)21-13-5-3-12(17)4-6-13/h3-8,10,20H,9H2,1-2H3. The Kier molecular flexibility index (Phi) is 4.85. The summed E-state index contributed by atoms with van der Waals surface area (Å²) in [6, 6.07) is 7.59. The van der Waals surface area contributed by atoms with Crippen LogP contribution in [0.1, 0.15) is 19.4 Å². The quantitative estimate of drug-likeness (QED) is 0.883. The Bertz CT molecular complexity index is 588. The fraction of sp³-hybridized carbons (Fsp3) is 0.250. The molecule has 0 unspecified atom stereocenters.